The normalized spacial score (nSPS) is 10.5. The first-order valence-electron chi connectivity index (χ1n) is 5.66. The van der Waals surface area contributed by atoms with Gasteiger partial charge in [-0.1, -0.05) is 47.5 Å². The van der Waals surface area contributed by atoms with Crippen LogP contribution in [0.5, 0.6) is 0 Å². The fourth-order valence-electron chi connectivity index (χ4n) is 1.44. The Labute approximate surface area is 107 Å². The number of benzene rings is 2. The van der Waals surface area contributed by atoms with Crippen LogP contribution < -0.4 is 0 Å². The summed E-state index contributed by atoms with van der Waals surface area (Å²) in [5, 5.41) is 0. The van der Waals surface area contributed by atoms with Crippen molar-refractivity contribution in [2.75, 3.05) is 0 Å². The van der Waals surface area contributed by atoms with Crippen molar-refractivity contribution < 1.29 is 4.18 Å². The molecule has 88 valence electrons. The van der Waals surface area contributed by atoms with Crippen LogP contribution in [0, 0.1) is 13.8 Å². The fourth-order valence-corrected chi connectivity index (χ4v) is 2.02. The number of rotatable bonds is 4. The minimum absolute atomic E-state index is 0.638. The Hall–Kier alpha value is -1.25. The summed E-state index contributed by atoms with van der Waals surface area (Å²) in [6.07, 6.45) is 0. The molecule has 0 aromatic heterocycles. The molecule has 0 spiro atoms. The first-order valence-corrected chi connectivity index (χ1v) is 6.40. The third-order valence-corrected chi connectivity index (χ3v) is 3.22. The van der Waals surface area contributed by atoms with Gasteiger partial charge in [0.05, 0.1) is 6.61 Å². The summed E-state index contributed by atoms with van der Waals surface area (Å²) in [5.74, 6) is 0. The van der Waals surface area contributed by atoms with Crippen LogP contribution in [0.2, 0.25) is 0 Å². The summed E-state index contributed by atoms with van der Waals surface area (Å²) in [6, 6.07) is 16.8. The number of hydrogen-bond acceptors (Lipinski definition) is 2. The topological polar surface area (TPSA) is 9.23 Å². The van der Waals surface area contributed by atoms with Crippen molar-refractivity contribution >= 4 is 12.0 Å². The number of aryl methyl sites for hydroxylation is 2. The predicted molar refractivity (Wildman–Crippen MR) is 73.0 cm³/mol. The average molecular weight is 244 g/mol. The Morgan fingerprint density at radius 3 is 1.94 bits per heavy atom. The molecule has 2 aromatic rings. The van der Waals surface area contributed by atoms with Gasteiger partial charge in [0.25, 0.3) is 0 Å². The lowest BCUT2D eigenvalue weighted by Gasteiger charge is -2.03. The highest BCUT2D eigenvalue weighted by Crippen LogP contribution is 2.21. The fraction of sp³-hybridized carbons (Fsp3) is 0.200. The molecule has 0 unspecified atom stereocenters. The largest absolute Gasteiger partial charge is 0.305 e. The van der Waals surface area contributed by atoms with E-state index in [1.54, 1.807) is 0 Å². The molecular formula is C15H16OS. The third-order valence-electron chi connectivity index (χ3n) is 2.52. The summed E-state index contributed by atoms with van der Waals surface area (Å²) in [6.45, 7) is 4.81. The van der Waals surface area contributed by atoms with Crippen LogP contribution in [0.15, 0.2) is 53.4 Å². The Kier molecular flexibility index (Phi) is 4.24. The van der Waals surface area contributed by atoms with E-state index >= 15 is 0 Å². The van der Waals surface area contributed by atoms with Crippen LogP contribution in [0.4, 0.5) is 0 Å². The highest BCUT2D eigenvalue weighted by molar-refractivity contribution is 7.94. The Balaban J connectivity index is 1.83. The lowest BCUT2D eigenvalue weighted by molar-refractivity contribution is 0.364. The van der Waals surface area contributed by atoms with Crippen LogP contribution in [0.25, 0.3) is 0 Å². The van der Waals surface area contributed by atoms with Crippen molar-refractivity contribution in [1.82, 2.24) is 0 Å². The molecule has 0 saturated heterocycles. The van der Waals surface area contributed by atoms with Crippen molar-refractivity contribution in [2.24, 2.45) is 0 Å². The van der Waals surface area contributed by atoms with Gasteiger partial charge in [-0.25, -0.2) is 0 Å². The van der Waals surface area contributed by atoms with Gasteiger partial charge >= 0.3 is 0 Å². The summed E-state index contributed by atoms with van der Waals surface area (Å²) >= 11 is 1.43. The first kappa shape index (κ1) is 12.2. The van der Waals surface area contributed by atoms with E-state index in [9.17, 15) is 0 Å². The molecule has 0 fully saturated rings. The highest BCUT2D eigenvalue weighted by Gasteiger charge is 1.96. The minimum atomic E-state index is 0.638. The SMILES string of the molecule is Cc1ccc(COSc2ccc(C)cc2)cc1. The highest BCUT2D eigenvalue weighted by atomic mass is 32.2. The van der Waals surface area contributed by atoms with E-state index < -0.39 is 0 Å². The Morgan fingerprint density at radius 1 is 0.824 bits per heavy atom. The van der Waals surface area contributed by atoms with Gasteiger partial charge in [-0.2, -0.15) is 0 Å². The van der Waals surface area contributed by atoms with Gasteiger partial charge in [-0.05, 0) is 31.5 Å². The van der Waals surface area contributed by atoms with Crippen molar-refractivity contribution in [3.63, 3.8) is 0 Å². The zero-order valence-corrected chi connectivity index (χ0v) is 11.0. The molecule has 0 aliphatic carbocycles. The molecule has 0 atom stereocenters. The van der Waals surface area contributed by atoms with Gasteiger partial charge in [-0.3, -0.25) is 0 Å². The van der Waals surface area contributed by atoms with Crippen LogP contribution in [0.3, 0.4) is 0 Å². The Bertz CT molecular complexity index is 414. The average Bonchev–Trinajstić information content (AvgIpc) is 2.34. The van der Waals surface area contributed by atoms with Gasteiger partial charge < -0.3 is 4.18 Å². The molecule has 17 heavy (non-hydrogen) atoms. The van der Waals surface area contributed by atoms with Gasteiger partial charge in [0.2, 0.25) is 0 Å². The van der Waals surface area contributed by atoms with E-state index in [1.165, 1.54) is 28.7 Å². The second kappa shape index (κ2) is 5.89. The smallest absolute Gasteiger partial charge is 0.0869 e. The maximum Gasteiger partial charge on any atom is 0.0869 e. The molecule has 2 rings (SSSR count). The molecule has 0 saturated carbocycles. The molecule has 0 radical (unpaired) electrons. The molecule has 0 amide bonds. The molecule has 0 heterocycles. The molecule has 1 nitrogen and oxygen atoms in total. The standard InChI is InChI=1S/C15H16OS/c1-12-3-7-14(8-4-12)11-16-17-15-9-5-13(2)6-10-15/h3-10H,11H2,1-2H3. The summed E-state index contributed by atoms with van der Waals surface area (Å²) in [5.41, 5.74) is 3.75. The van der Waals surface area contributed by atoms with E-state index in [-0.39, 0.29) is 0 Å². The zero-order valence-electron chi connectivity index (χ0n) is 10.1. The van der Waals surface area contributed by atoms with Crippen LogP contribution in [-0.4, -0.2) is 0 Å². The zero-order chi connectivity index (χ0) is 12.1. The lowest BCUT2D eigenvalue weighted by atomic mass is 10.2. The summed E-state index contributed by atoms with van der Waals surface area (Å²) < 4.78 is 5.60. The quantitative estimate of drug-likeness (QED) is 0.731. The monoisotopic (exact) mass is 244 g/mol. The van der Waals surface area contributed by atoms with Crippen LogP contribution in [-0.2, 0) is 10.8 Å². The summed E-state index contributed by atoms with van der Waals surface area (Å²) in [7, 11) is 0. The second-order valence-corrected chi connectivity index (χ2v) is 5.02. The molecule has 0 aliphatic rings. The minimum Gasteiger partial charge on any atom is -0.305 e. The van der Waals surface area contributed by atoms with Crippen LogP contribution >= 0.6 is 12.0 Å². The maximum atomic E-state index is 5.60. The van der Waals surface area contributed by atoms with Crippen LogP contribution in [0.1, 0.15) is 16.7 Å². The van der Waals surface area contributed by atoms with Gasteiger partial charge in [-0.15, -0.1) is 0 Å². The third kappa shape index (κ3) is 3.91. The molecule has 2 heteroatoms. The lowest BCUT2D eigenvalue weighted by Crippen LogP contribution is -1.86. The van der Waals surface area contributed by atoms with E-state index in [4.69, 9.17) is 4.18 Å². The Morgan fingerprint density at radius 2 is 1.35 bits per heavy atom. The van der Waals surface area contributed by atoms with E-state index in [2.05, 4.69) is 62.4 Å². The van der Waals surface area contributed by atoms with Crippen molar-refractivity contribution in [3.05, 3.63) is 65.2 Å². The van der Waals surface area contributed by atoms with Crippen molar-refractivity contribution in [3.8, 4) is 0 Å². The molecular weight excluding hydrogens is 228 g/mol. The summed E-state index contributed by atoms with van der Waals surface area (Å²) in [4.78, 5) is 1.14. The number of hydrogen-bond donors (Lipinski definition) is 0. The second-order valence-electron chi connectivity index (χ2n) is 4.14. The molecule has 0 N–H and O–H groups in total. The molecule has 0 aliphatic heterocycles. The predicted octanol–water partition coefficient (Wildman–Crippen LogP) is 4.53. The van der Waals surface area contributed by atoms with Crippen molar-refractivity contribution in [1.29, 1.82) is 0 Å². The maximum absolute atomic E-state index is 5.60. The van der Waals surface area contributed by atoms with Gasteiger partial charge in [0.15, 0.2) is 0 Å². The van der Waals surface area contributed by atoms with Crippen molar-refractivity contribution in [2.45, 2.75) is 25.3 Å². The molecule has 2 aromatic carbocycles. The molecule has 0 bridgehead atoms. The van der Waals surface area contributed by atoms with E-state index in [0.717, 1.165) is 4.90 Å². The van der Waals surface area contributed by atoms with E-state index in [0.29, 0.717) is 6.61 Å². The van der Waals surface area contributed by atoms with E-state index in [1.807, 2.05) is 0 Å². The van der Waals surface area contributed by atoms with Gasteiger partial charge in [0, 0.05) is 16.9 Å². The van der Waals surface area contributed by atoms with Gasteiger partial charge in [0.1, 0.15) is 0 Å². The first-order chi connectivity index (χ1) is 8.24.